The molecular weight excluding hydrogens is 1050 g/mol. The van der Waals surface area contributed by atoms with Gasteiger partial charge in [-0.15, -0.1) is 16.7 Å². The predicted molar refractivity (Wildman–Crippen MR) is 236 cm³/mol. The molecule has 0 saturated carbocycles. The highest BCUT2D eigenvalue weighted by molar-refractivity contribution is 7.94. The first kappa shape index (κ1) is 61.6. The standard InChI is InChI=1S/C19H15ClF3NO7.C13H10Cl2F3N3O3.C3H8NO5P.C3H9S/c1-3-29-17(25)10(2)30-18(26)13-9-12(5-6-15(13)24(27)28)31-16-7-4-11(8-14(16)20)19(21,22)23;1-5-19-21(13(24)20(5)12(17)18)10-3-6(2-8(15)11(22)23)7(14)4-9(10)16;5-3(6)1-4-2-10(7,8)9;1-4(2)3/h4-10H,3H2,1-2H3;3-4,8,12H,2H2,1H3,(H,22,23);4H,1-2H2,(H,5,6)(H2,7,8,9);1-3H3/q;;;+1/p-1. The highest BCUT2D eigenvalue weighted by Crippen LogP contribution is 2.37. The summed E-state index contributed by atoms with van der Waals surface area (Å²) in [7, 11) is -3.71. The zero-order chi connectivity index (χ0) is 53.3. The smallest absolute Gasteiger partial charge is 0.416 e. The van der Waals surface area contributed by atoms with Crippen molar-refractivity contribution in [2.24, 2.45) is 0 Å². The minimum Gasteiger partial charge on any atom is -0.778 e. The molecule has 3 atom stereocenters. The van der Waals surface area contributed by atoms with Gasteiger partial charge in [0, 0.05) is 23.6 Å². The number of carbonyl (C=O) groups excluding carboxylic acids is 2. The van der Waals surface area contributed by atoms with E-state index >= 15 is 0 Å². The molecule has 0 amide bonds. The van der Waals surface area contributed by atoms with Crippen molar-refractivity contribution in [1.82, 2.24) is 19.7 Å². The molecule has 0 fully saturated rings. The van der Waals surface area contributed by atoms with Crippen molar-refractivity contribution >= 4 is 82.9 Å². The van der Waals surface area contributed by atoms with E-state index in [0.29, 0.717) is 21.6 Å². The Labute approximate surface area is 404 Å². The largest absolute Gasteiger partial charge is 0.778 e. The van der Waals surface area contributed by atoms with Crippen molar-refractivity contribution in [3.05, 3.63) is 108 Å². The fourth-order valence-corrected chi connectivity index (χ4v) is 5.67. The number of carboxylic acids is 2. The number of alkyl halides is 6. The fraction of sp³-hybridized carbons (Fsp3) is 0.368. The van der Waals surface area contributed by atoms with E-state index in [0.717, 1.165) is 49.4 Å². The number of benzene rings is 3. The van der Waals surface area contributed by atoms with Crippen LogP contribution in [0.5, 0.6) is 11.5 Å². The minimum absolute atomic E-state index is 0.0398. The lowest BCUT2D eigenvalue weighted by Gasteiger charge is -2.14. The number of esters is 2. The van der Waals surface area contributed by atoms with Gasteiger partial charge in [-0.25, -0.2) is 23.3 Å². The maximum absolute atomic E-state index is 14.1. The van der Waals surface area contributed by atoms with E-state index in [4.69, 9.17) is 64.1 Å². The fourth-order valence-electron chi connectivity index (χ4n) is 4.66. The maximum Gasteiger partial charge on any atom is 0.416 e. The molecule has 0 aliphatic rings. The van der Waals surface area contributed by atoms with Gasteiger partial charge in [-0.1, -0.05) is 23.2 Å². The number of halogens is 9. The number of hydrogen-bond acceptors (Lipinski definition) is 14. The lowest BCUT2D eigenvalue weighted by Crippen LogP contribution is -2.26. The van der Waals surface area contributed by atoms with Crippen molar-refractivity contribution < 1.29 is 89.2 Å². The lowest BCUT2D eigenvalue weighted by atomic mass is 10.1. The van der Waals surface area contributed by atoms with Crippen LogP contribution in [0.2, 0.25) is 10.0 Å². The topological polar surface area (TPSA) is 292 Å². The van der Waals surface area contributed by atoms with E-state index in [-0.39, 0.29) is 50.5 Å². The number of rotatable bonds is 16. The molecular formula is C38H41Cl3F6N5O15PS. The second-order valence-electron chi connectivity index (χ2n) is 13.6. The van der Waals surface area contributed by atoms with Gasteiger partial charge in [-0.3, -0.25) is 25.0 Å². The number of carboxylic acid groups (broad SMARTS) is 2. The third-order valence-corrected chi connectivity index (χ3v) is 9.16. The van der Waals surface area contributed by atoms with Gasteiger partial charge in [-0.2, -0.15) is 26.6 Å². The van der Waals surface area contributed by atoms with Crippen LogP contribution in [0.25, 0.3) is 5.69 Å². The molecule has 0 aliphatic heterocycles. The van der Waals surface area contributed by atoms with Crippen LogP contribution in [0.4, 0.5) is 32.0 Å². The third kappa shape index (κ3) is 21.0. The number of nitrogens with one attached hydrogen (secondary N) is 1. The number of ether oxygens (including phenoxy) is 3. The summed E-state index contributed by atoms with van der Waals surface area (Å²) in [5.74, 6) is -6.13. The number of hydrogen-bond donors (Lipinski definition) is 4. The van der Waals surface area contributed by atoms with E-state index in [1.54, 1.807) is 6.92 Å². The van der Waals surface area contributed by atoms with Gasteiger partial charge in [0.05, 0.1) is 53.7 Å². The van der Waals surface area contributed by atoms with Crippen molar-refractivity contribution in [1.29, 1.82) is 0 Å². The summed E-state index contributed by atoms with van der Waals surface area (Å²) < 4.78 is 103. The zero-order valence-corrected chi connectivity index (χ0v) is 40.4. The van der Waals surface area contributed by atoms with Gasteiger partial charge in [0.1, 0.15) is 41.5 Å². The van der Waals surface area contributed by atoms with Crippen LogP contribution in [-0.4, -0.2) is 108 Å². The van der Waals surface area contributed by atoms with Crippen LogP contribution in [0.3, 0.4) is 0 Å². The summed E-state index contributed by atoms with van der Waals surface area (Å²) in [5, 5.41) is 31.8. The van der Waals surface area contributed by atoms with Crippen LogP contribution in [0.1, 0.15) is 47.7 Å². The van der Waals surface area contributed by atoms with Crippen LogP contribution in [0.15, 0.2) is 53.3 Å². The summed E-state index contributed by atoms with van der Waals surface area (Å²) in [4.78, 5) is 84.9. The van der Waals surface area contributed by atoms with E-state index in [1.807, 2.05) is 5.32 Å². The normalized spacial score (nSPS) is 12.7. The average Bonchev–Trinajstić information content (AvgIpc) is 3.51. The predicted octanol–water partition coefficient (Wildman–Crippen LogP) is 6.59. The number of aliphatic carboxylic acids is 2. The monoisotopic (exact) mass is 1090 g/mol. The Hall–Kier alpha value is -5.41. The molecule has 382 valence electrons. The van der Waals surface area contributed by atoms with Crippen LogP contribution in [-0.2, 0) is 51.9 Å². The van der Waals surface area contributed by atoms with Crippen molar-refractivity contribution in [2.75, 3.05) is 38.2 Å². The first-order valence-corrected chi connectivity index (χ1v) is 24.1. The molecule has 20 nitrogen and oxygen atoms in total. The first-order chi connectivity index (χ1) is 31.7. The van der Waals surface area contributed by atoms with Crippen LogP contribution >= 0.6 is 42.4 Å². The third-order valence-electron chi connectivity index (χ3n) is 7.55. The minimum atomic E-state index is -4.61. The molecule has 0 spiro atoms. The zero-order valence-electron chi connectivity index (χ0n) is 36.5. The highest BCUT2D eigenvalue weighted by atomic mass is 35.5. The van der Waals surface area contributed by atoms with Gasteiger partial charge in [-0.05, 0) is 73.6 Å². The SMILES string of the molecule is CCOC(=O)C(C)OC(=O)c1cc(Oc2ccc(C(F)(F)F)cc2Cl)ccc1[N+](=O)[O-].C[S+](C)C.Cc1nn(-c2cc(CC(Cl)C(=O)O)c(Cl)cc2F)c(=O)n1C(F)F.O=C(O)CNCP(=O)([O-])O. The molecule has 69 heavy (non-hydrogen) atoms. The van der Waals surface area contributed by atoms with E-state index < -0.39 is 107 Å². The van der Waals surface area contributed by atoms with E-state index in [2.05, 4.69) is 23.9 Å². The molecule has 0 aliphatic carbocycles. The van der Waals surface area contributed by atoms with Crippen molar-refractivity contribution in [3.8, 4) is 17.2 Å². The van der Waals surface area contributed by atoms with Gasteiger partial charge in [0.25, 0.3) is 5.69 Å². The lowest BCUT2D eigenvalue weighted by molar-refractivity contribution is -0.385. The van der Waals surface area contributed by atoms with Gasteiger partial charge in [0.15, 0.2) is 11.9 Å². The summed E-state index contributed by atoms with van der Waals surface area (Å²) in [6, 6.07) is 7.26. The molecule has 3 aromatic carbocycles. The summed E-state index contributed by atoms with van der Waals surface area (Å²) in [5.41, 5.74) is -3.71. The Morgan fingerprint density at radius 1 is 1.03 bits per heavy atom. The second-order valence-corrected chi connectivity index (χ2v) is 19.0. The number of nitro benzene ring substituents is 1. The maximum atomic E-state index is 14.1. The number of carbonyl (C=O) groups is 4. The van der Waals surface area contributed by atoms with Gasteiger partial charge < -0.3 is 38.8 Å². The number of nitro groups is 1. The average molecular weight is 1090 g/mol. The number of aryl methyl sites for hydroxylation is 1. The molecule has 1 heterocycles. The molecule has 0 saturated heterocycles. The van der Waals surface area contributed by atoms with E-state index in [9.17, 15) is 69.9 Å². The molecule has 31 heteroatoms. The summed E-state index contributed by atoms with van der Waals surface area (Å²) >= 11 is 17.3. The summed E-state index contributed by atoms with van der Waals surface area (Å²) in [6.45, 7) is 0.359. The quantitative estimate of drug-likeness (QED) is 0.0175. The molecule has 3 unspecified atom stereocenters. The first-order valence-electron chi connectivity index (χ1n) is 18.7. The Morgan fingerprint density at radius 3 is 2.09 bits per heavy atom. The van der Waals surface area contributed by atoms with Crippen molar-refractivity contribution in [2.45, 2.75) is 51.4 Å². The molecule has 4 N–H and O–H groups in total. The Kier molecular flexibility index (Phi) is 24.7. The van der Waals surface area contributed by atoms with Crippen molar-refractivity contribution in [3.63, 3.8) is 0 Å². The van der Waals surface area contributed by atoms with Gasteiger partial charge in [0.2, 0.25) is 0 Å². The highest BCUT2D eigenvalue weighted by Gasteiger charge is 2.32. The molecule has 0 bridgehead atoms. The van der Waals surface area contributed by atoms with Crippen LogP contribution in [0, 0.1) is 22.9 Å². The summed E-state index contributed by atoms with van der Waals surface area (Å²) in [6.07, 6.45) is -0.325. The number of nitrogens with zero attached hydrogens (tertiary/aromatic N) is 4. The molecule has 1 aromatic heterocycles. The second kappa shape index (κ2) is 27.7. The molecule has 4 aromatic rings. The molecule has 0 radical (unpaired) electrons. The Morgan fingerprint density at radius 2 is 1.62 bits per heavy atom. The Bertz CT molecular complexity index is 2560. The van der Waals surface area contributed by atoms with Gasteiger partial charge >= 0.3 is 42.3 Å². The van der Waals surface area contributed by atoms with E-state index in [1.165, 1.54) is 6.92 Å². The molecule has 4 rings (SSSR count). The number of aromatic nitrogens is 3. The Balaban J connectivity index is 0.000000551. The van der Waals surface area contributed by atoms with Crippen LogP contribution < -0.4 is 20.6 Å².